The summed E-state index contributed by atoms with van der Waals surface area (Å²) in [6.07, 6.45) is 6.96. The number of anilines is 2. The highest BCUT2D eigenvalue weighted by molar-refractivity contribution is 6.45. The van der Waals surface area contributed by atoms with Crippen LogP contribution in [0.4, 0.5) is 11.5 Å². The molecule has 0 bridgehead atoms. The molecule has 156 valence electrons. The Hall–Kier alpha value is -3.09. The quantitative estimate of drug-likeness (QED) is 0.455. The van der Waals surface area contributed by atoms with Gasteiger partial charge in [-0.05, 0) is 37.1 Å². The van der Waals surface area contributed by atoms with Crippen molar-refractivity contribution in [3.63, 3.8) is 0 Å². The lowest BCUT2D eigenvalue weighted by Gasteiger charge is -2.26. The maximum atomic E-state index is 13.1. The van der Waals surface area contributed by atoms with Gasteiger partial charge in [0, 0.05) is 36.1 Å². The van der Waals surface area contributed by atoms with Gasteiger partial charge in [-0.15, -0.1) is 0 Å². The third-order valence-electron chi connectivity index (χ3n) is 5.51. The molecule has 1 aliphatic rings. The van der Waals surface area contributed by atoms with Gasteiger partial charge in [0.05, 0.1) is 27.6 Å². The van der Waals surface area contributed by atoms with E-state index >= 15 is 0 Å². The maximum Gasteiger partial charge on any atom is 0.247 e. The number of fused-ring (bicyclic) bond motifs is 1. The topological polar surface area (TPSA) is 63.1 Å². The van der Waals surface area contributed by atoms with E-state index in [1.807, 2.05) is 58.1 Å². The Morgan fingerprint density at radius 3 is 2.74 bits per heavy atom. The predicted molar refractivity (Wildman–Crippen MR) is 124 cm³/mol. The molecule has 0 unspecified atom stereocenters. The Kier molecular flexibility index (Phi) is 5.26. The van der Waals surface area contributed by atoms with Crippen LogP contribution in [0.2, 0.25) is 10.0 Å². The van der Waals surface area contributed by atoms with Crippen molar-refractivity contribution in [1.29, 1.82) is 0 Å². The summed E-state index contributed by atoms with van der Waals surface area (Å²) in [4.78, 5) is 24.1. The molecule has 2 aromatic carbocycles. The van der Waals surface area contributed by atoms with Gasteiger partial charge in [-0.25, -0.2) is 9.97 Å². The summed E-state index contributed by atoms with van der Waals surface area (Å²) in [5, 5.41) is 4.71. The number of carbonyl (C=O) groups excluding carboxylic acids is 1. The number of carbonyl (C=O) groups is 1. The first kappa shape index (κ1) is 19.8. The number of nitrogens with one attached hydrogen (secondary N) is 1. The Labute approximate surface area is 189 Å². The molecule has 0 saturated carbocycles. The van der Waals surface area contributed by atoms with E-state index in [-0.39, 0.29) is 11.9 Å². The van der Waals surface area contributed by atoms with E-state index in [0.29, 0.717) is 21.4 Å². The molecule has 0 aliphatic carbocycles. The third kappa shape index (κ3) is 3.73. The highest BCUT2D eigenvalue weighted by Crippen LogP contribution is 2.36. The fraction of sp³-hybridized carbons (Fsp3) is 0.174. The molecule has 3 heterocycles. The summed E-state index contributed by atoms with van der Waals surface area (Å²) in [5.41, 5.74) is 2.26. The van der Waals surface area contributed by atoms with Crippen molar-refractivity contribution < 1.29 is 4.79 Å². The Morgan fingerprint density at radius 1 is 1.13 bits per heavy atom. The van der Waals surface area contributed by atoms with Crippen molar-refractivity contribution in [3.05, 3.63) is 77.3 Å². The number of aromatic nitrogens is 3. The van der Waals surface area contributed by atoms with Gasteiger partial charge in [-0.3, -0.25) is 4.79 Å². The number of halogens is 2. The fourth-order valence-electron chi connectivity index (χ4n) is 4.03. The zero-order valence-electron chi connectivity index (χ0n) is 16.5. The number of nitrogens with zero attached hydrogens (tertiary/aromatic N) is 4. The van der Waals surface area contributed by atoms with Crippen LogP contribution >= 0.6 is 23.2 Å². The molecule has 6 nitrogen and oxygen atoms in total. The lowest BCUT2D eigenvalue weighted by Crippen LogP contribution is -2.40. The van der Waals surface area contributed by atoms with Crippen molar-refractivity contribution in [2.24, 2.45) is 0 Å². The summed E-state index contributed by atoms with van der Waals surface area (Å²) in [7, 11) is 0. The number of para-hydroxylation sites is 1. The molecule has 0 spiro atoms. The molecule has 31 heavy (non-hydrogen) atoms. The number of amides is 1. The monoisotopic (exact) mass is 451 g/mol. The lowest BCUT2D eigenvalue weighted by molar-refractivity contribution is -0.117. The highest BCUT2D eigenvalue weighted by Gasteiger charge is 2.32. The molecule has 1 saturated heterocycles. The van der Waals surface area contributed by atoms with Gasteiger partial charge in [0.1, 0.15) is 11.9 Å². The zero-order chi connectivity index (χ0) is 21.4. The van der Waals surface area contributed by atoms with Gasteiger partial charge in [-0.2, -0.15) is 0 Å². The second-order valence-electron chi connectivity index (χ2n) is 7.43. The normalized spacial score (nSPS) is 16.1. The van der Waals surface area contributed by atoms with Gasteiger partial charge in [0.2, 0.25) is 5.91 Å². The molecule has 0 radical (unpaired) electrons. The standard InChI is InChI=1S/C23H19Cl2N5O/c24-17-9-8-16-19(29-12-10-26-14-29)13-20(28-22(16)21(17)25)30-11-4-7-18(30)23(31)27-15-5-2-1-3-6-15/h1-3,5-6,8-10,12-14,18H,4,7,11H2,(H,27,31)/t18-/m0/s1. The molecule has 1 amide bonds. The van der Waals surface area contributed by atoms with Crippen molar-refractivity contribution in [2.75, 3.05) is 16.8 Å². The summed E-state index contributed by atoms with van der Waals surface area (Å²) >= 11 is 12.8. The lowest BCUT2D eigenvalue weighted by atomic mass is 10.1. The van der Waals surface area contributed by atoms with E-state index in [1.54, 1.807) is 18.6 Å². The van der Waals surface area contributed by atoms with Crippen molar-refractivity contribution in [2.45, 2.75) is 18.9 Å². The first-order chi connectivity index (χ1) is 15.1. The van der Waals surface area contributed by atoms with Crippen LogP contribution in [0.1, 0.15) is 12.8 Å². The van der Waals surface area contributed by atoms with Crippen molar-refractivity contribution in [1.82, 2.24) is 14.5 Å². The van der Waals surface area contributed by atoms with Gasteiger partial charge in [0.15, 0.2) is 0 Å². The molecule has 1 N–H and O–H groups in total. The third-order valence-corrected chi connectivity index (χ3v) is 6.31. The van der Waals surface area contributed by atoms with Gasteiger partial charge in [-0.1, -0.05) is 41.4 Å². The second-order valence-corrected chi connectivity index (χ2v) is 8.22. The molecular formula is C23H19Cl2N5O. The first-order valence-corrected chi connectivity index (χ1v) is 10.8. The number of pyridine rings is 1. The van der Waals surface area contributed by atoms with E-state index in [0.717, 1.165) is 36.1 Å². The van der Waals surface area contributed by atoms with E-state index < -0.39 is 0 Å². The van der Waals surface area contributed by atoms with Crippen molar-refractivity contribution in [3.8, 4) is 5.69 Å². The number of hydrogen-bond donors (Lipinski definition) is 1. The minimum absolute atomic E-state index is 0.0491. The van der Waals surface area contributed by atoms with E-state index in [4.69, 9.17) is 28.2 Å². The van der Waals surface area contributed by atoms with Crippen LogP contribution < -0.4 is 10.2 Å². The Balaban J connectivity index is 1.57. The Morgan fingerprint density at radius 2 is 1.97 bits per heavy atom. The SMILES string of the molecule is O=C(Nc1ccccc1)[C@@H]1CCCN1c1cc(-n2ccnc2)c2ccc(Cl)c(Cl)c2n1. The average Bonchev–Trinajstić information content (AvgIpc) is 3.49. The van der Waals surface area contributed by atoms with Crippen LogP contribution in [-0.4, -0.2) is 33.0 Å². The van der Waals surface area contributed by atoms with Gasteiger partial charge in [0.25, 0.3) is 0 Å². The molecule has 1 atom stereocenters. The van der Waals surface area contributed by atoms with Gasteiger partial charge >= 0.3 is 0 Å². The van der Waals surface area contributed by atoms with E-state index in [2.05, 4.69) is 10.3 Å². The number of rotatable bonds is 4. The molecule has 5 rings (SSSR count). The van der Waals surface area contributed by atoms with E-state index in [9.17, 15) is 4.79 Å². The van der Waals surface area contributed by atoms with Crippen LogP contribution in [-0.2, 0) is 4.79 Å². The number of hydrogen-bond acceptors (Lipinski definition) is 4. The average molecular weight is 452 g/mol. The fourth-order valence-corrected chi connectivity index (χ4v) is 4.39. The summed E-state index contributed by atoms with van der Waals surface area (Å²) in [6.45, 7) is 0.729. The second kappa shape index (κ2) is 8.21. The molecule has 2 aromatic heterocycles. The highest BCUT2D eigenvalue weighted by atomic mass is 35.5. The Bertz CT molecular complexity index is 1240. The van der Waals surface area contributed by atoms with Crippen LogP contribution in [0, 0.1) is 0 Å². The largest absolute Gasteiger partial charge is 0.344 e. The van der Waals surface area contributed by atoms with Crippen LogP contribution in [0.3, 0.4) is 0 Å². The van der Waals surface area contributed by atoms with Crippen LogP contribution in [0.15, 0.2) is 67.3 Å². The van der Waals surface area contributed by atoms with Crippen molar-refractivity contribution >= 4 is 51.5 Å². The molecule has 4 aromatic rings. The molecule has 8 heteroatoms. The number of benzene rings is 2. The van der Waals surface area contributed by atoms with Crippen LogP contribution in [0.25, 0.3) is 16.6 Å². The minimum atomic E-state index is -0.321. The molecule has 1 fully saturated rings. The number of imidazole rings is 1. The van der Waals surface area contributed by atoms with Gasteiger partial charge < -0.3 is 14.8 Å². The predicted octanol–water partition coefficient (Wildman–Crippen LogP) is 5.33. The zero-order valence-corrected chi connectivity index (χ0v) is 18.0. The maximum absolute atomic E-state index is 13.1. The molecule has 1 aliphatic heterocycles. The summed E-state index contributed by atoms with van der Waals surface area (Å²) in [5.74, 6) is 0.637. The summed E-state index contributed by atoms with van der Waals surface area (Å²) < 4.78 is 1.91. The minimum Gasteiger partial charge on any atom is -0.344 e. The molecular weight excluding hydrogens is 433 g/mol. The smallest absolute Gasteiger partial charge is 0.247 e. The summed E-state index contributed by atoms with van der Waals surface area (Å²) in [6, 6.07) is 14.8. The van der Waals surface area contributed by atoms with E-state index in [1.165, 1.54) is 0 Å². The van der Waals surface area contributed by atoms with Crippen LogP contribution in [0.5, 0.6) is 0 Å². The first-order valence-electron chi connectivity index (χ1n) is 10.0.